The van der Waals surface area contributed by atoms with Gasteiger partial charge in [0.25, 0.3) is 5.91 Å². The van der Waals surface area contributed by atoms with E-state index in [-0.39, 0.29) is 11.3 Å². The van der Waals surface area contributed by atoms with Crippen LogP contribution in [-0.2, 0) is 11.8 Å². The first-order chi connectivity index (χ1) is 13.1. The van der Waals surface area contributed by atoms with Crippen molar-refractivity contribution in [2.75, 3.05) is 12.8 Å². The lowest BCUT2D eigenvalue weighted by Gasteiger charge is -2.25. The van der Waals surface area contributed by atoms with E-state index in [0.29, 0.717) is 6.04 Å². The summed E-state index contributed by atoms with van der Waals surface area (Å²) in [6.07, 6.45) is 8.21. The highest BCUT2D eigenvalue weighted by molar-refractivity contribution is 8.00. The lowest BCUT2D eigenvalue weighted by atomic mass is 10.0. The third-order valence-corrected chi connectivity index (χ3v) is 7.27. The molecule has 0 radical (unpaired) electrons. The molecule has 0 bridgehead atoms. The van der Waals surface area contributed by atoms with Crippen molar-refractivity contribution in [3.63, 3.8) is 0 Å². The number of hydrogen-bond acceptors (Lipinski definition) is 3. The molecule has 1 atom stereocenters. The molecule has 1 aliphatic carbocycles. The number of carbonyl (C=O) groups excluding carboxylic acids is 1. The van der Waals surface area contributed by atoms with Gasteiger partial charge in [-0.2, -0.15) is 0 Å². The second-order valence-corrected chi connectivity index (χ2v) is 8.91. The summed E-state index contributed by atoms with van der Waals surface area (Å²) >= 11 is 1.88. The zero-order valence-corrected chi connectivity index (χ0v) is 17.3. The Kier molecular flexibility index (Phi) is 5.22. The molecule has 0 saturated heterocycles. The minimum absolute atomic E-state index is 0.0898. The van der Waals surface area contributed by atoms with Crippen LogP contribution >= 0.6 is 11.8 Å². The first kappa shape index (κ1) is 18.5. The maximum atomic E-state index is 13.3. The molecule has 27 heavy (non-hydrogen) atoms. The van der Waals surface area contributed by atoms with Gasteiger partial charge in [-0.3, -0.25) is 4.79 Å². The highest BCUT2D eigenvalue weighted by Gasteiger charge is 2.39. The molecule has 2 heterocycles. The Hall–Kier alpha value is -1.88. The number of amides is 1. The van der Waals surface area contributed by atoms with Gasteiger partial charge in [-0.25, -0.2) is 0 Å². The number of carbonyl (C=O) groups is 1. The van der Waals surface area contributed by atoms with Gasteiger partial charge in [0, 0.05) is 42.8 Å². The SMILES string of the molecule is CCCSC1C(NC2CCCC2)=C(c2cn(C)c3ccccc23)C(=O)N1C. The molecule has 1 fully saturated rings. The van der Waals surface area contributed by atoms with E-state index in [9.17, 15) is 4.79 Å². The summed E-state index contributed by atoms with van der Waals surface area (Å²) in [6.45, 7) is 2.20. The zero-order chi connectivity index (χ0) is 19.0. The van der Waals surface area contributed by atoms with E-state index in [1.165, 1.54) is 31.2 Å². The van der Waals surface area contributed by atoms with Crippen LogP contribution < -0.4 is 5.32 Å². The van der Waals surface area contributed by atoms with Crippen LogP contribution in [0.5, 0.6) is 0 Å². The van der Waals surface area contributed by atoms with Crippen molar-refractivity contribution in [2.24, 2.45) is 7.05 Å². The molecule has 1 N–H and O–H groups in total. The number of benzene rings is 1. The summed E-state index contributed by atoms with van der Waals surface area (Å²) < 4.78 is 2.13. The van der Waals surface area contributed by atoms with Crippen LogP contribution in [0.2, 0.25) is 0 Å². The third-order valence-electron chi connectivity index (χ3n) is 5.76. The fourth-order valence-corrected chi connectivity index (χ4v) is 5.51. The molecule has 4 rings (SSSR count). The Morgan fingerprint density at radius 3 is 2.67 bits per heavy atom. The average Bonchev–Trinajstić information content (AvgIpc) is 3.35. The Balaban J connectivity index is 1.83. The van der Waals surface area contributed by atoms with Gasteiger partial charge in [-0.15, -0.1) is 11.8 Å². The zero-order valence-electron chi connectivity index (χ0n) is 16.5. The van der Waals surface area contributed by atoms with E-state index in [1.54, 1.807) is 0 Å². The van der Waals surface area contributed by atoms with Gasteiger partial charge in [0.05, 0.1) is 11.3 Å². The number of para-hydroxylation sites is 1. The van der Waals surface area contributed by atoms with E-state index in [2.05, 4.69) is 54.3 Å². The van der Waals surface area contributed by atoms with E-state index < -0.39 is 0 Å². The van der Waals surface area contributed by atoms with Crippen LogP contribution in [0.15, 0.2) is 36.2 Å². The van der Waals surface area contributed by atoms with Gasteiger partial charge in [0.2, 0.25) is 0 Å². The molecule has 1 saturated carbocycles. The standard InChI is InChI=1S/C22H29N3OS/c1-4-13-27-22-20(23-15-9-5-6-10-15)19(21(26)25(22)3)17-14-24(2)18-12-8-7-11-16(17)18/h7-8,11-12,14-15,22-23H,4-6,9-10,13H2,1-3H3. The molecule has 1 aromatic carbocycles. The summed E-state index contributed by atoms with van der Waals surface area (Å²) in [7, 11) is 4.01. The molecule has 4 nitrogen and oxygen atoms in total. The number of fused-ring (bicyclic) bond motifs is 1. The number of nitrogens with one attached hydrogen (secondary N) is 1. The molecule has 1 aromatic heterocycles. The number of rotatable bonds is 6. The lowest BCUT2D eigenvalue weighted by molar-refractivity contribution is -0.122. The Labute approximate surface area is 166 Å². The Morgan fingerprint density at radius 2 is 1.93 bits per heavy atom. The maximum absolute atomic E-state index is 13.3. The van der Waals surface area contributed by atoms with Gasteiger partial charge in [-0.1, -0.05) is 38.0 Å². The predicted octanol–water partition coefficient (Wildman–Crippen LogP) is 4.36. The topological polar surface area (TPSA) is 37.3 Å². The van der Waals surface area contributed by atoms with Gasteiger partial charge >= 0.3 is 0 Å². The quantitative estimate of drug-likeness (QED) is 0.805. The second-order valence-electron chi connectivity index (χ2n) is 7.72. The molecule has 2 aromatic rings. The van der Waals surface area contributed by atoms with Crippen molar-refractivity contribution >= 4 is 34.1 Å². The summed E-state index contributed by atoms with van der Waals surface area (Å²) in [4.78, 5) is 15.2. The van der Waals surface area contributed by atoms with Crippen molar-refractivity contribution in [1.82, 2.24) is 14.8 Å². The van der Waals surface area contributed by atoms with Crippen LogP contribution in [0, 0.1) is 0 Å². The summed E-state index contributed by atoms with van der Waals surface area (Å²) in [5.74, 6) is 1.20. The fourth-order valence-electron chi connectivity index (χ4n) is 4.37. The Bertz CT molecular complexity index is 879. The normalized spacial score (nSPS) is 21.1. The number of likely N-dealkylation sites (N-methyl/N-ethyl adjacent to an activating group) is 1. The molecule has 1 aliphatic heterocycles. The molecule has 5 heteroatoms. The maximum Gasteiger partial charge on any atom is 0.257 e. The number of nitrogens with zero attached hydrogens (tertiary/aromatic N) is 2. The number of hydrogen-bond donors (Lipinski definition) is 1. The monoisotopic (exact) mass is 383 g/mol. The first-order valence-electron chi connectivity index (χ1n) is 10.1. The van der Waals surface area contributed by atoms with Crippen LogP contribution in [0.25, 0.3) is 16.5 Å². The van der Waals surface area contributed by atoms with Gasteiger partial charge in [0.1, 0.15) is 5.37 Å². The van der Waals surface area contributed by atoms with E-state index >= 15 is 0 Å². The number of aryl methyl sites for hydroxylation is 1. The average molecular weight is 384 g/mol. The molecule has 2 aliphatic rings. The van der Waals surface area contributed by atoms with Crippen LogP contribution in [0.1, 0.15) is 44.6 Å². The van der Waals surface area contributed by atoms with Gasteiger partial charge in [-0.05, 0) is 31.1 Å². The van der Waals surface area contributed by atoms with Crippen molar-refractivity contribution in [3.8, 4) is 0 Å². The molecule has 0 spiro atoms. The van der Waals surface area contributed by atoms with Crippen LogP contribution in [0.4, 0.5) is 0 Å². The largest absolute Gasteiger partial charge is 0.383 e. The van der Waals surface area contributed by atoms with Crippen molar-refractivity contribution in [1.29, 1.82) is 0 Å². The lowest BCUT2D eigenvalue weighted by Crippen LogP contribution is -2.35. The van der Waals surface area contributed by atoms with Crippen molar-refractivity contribution in [3.05, 3.63) is 41.7 Å². The van der Waals surface area contributed by atoms with E-state index in [0.717, 1.165) is 34.4 Å². The van der Waals surface area contributed by atoms with Gasteiger partial charge < -0.3 is 14.8 Å². The van der Waals surface area contributed by atoms with Crippen LogP contribution in [0.3, 0.4) is 0 Å². The summed E-state index contributed by atoms with van der Waals surface area (Å²) in [6, 6.07) is 8.86. The van der Waals surface area contributed by atoms with E-state index in [4.69, 9.17) is 0 Å². The smallest absolute Gasteiger partial charge is 0.257 e. The van der Waals surface area contributed by atoms with Crippen molar-refractivity contribution in [2.45, 2.75) is 50.4 Å². The summed E-state index contributed by atoms with van der Waals surface area (Å²) in [5, 5.41) is 5.05. The summed E-state index contributed by atoms with van der Waals surface area (Å²) in [5.41, 5.74) is 4.23. The predicted molar refractivity (Wildman–Crippen MR) is 115 cm³/mol. The minimum atomic E-state index is 0.0898. The molecule has 1 amide bonds. The molecule has 1 unspecified atom stereocenters. The number of aromatic nitrogens is 1. The fraction of sp³-hybridized carbons (Fsp3) is 0.500. The highest BCUT2D eigenvalue weighted by atomic mass is 32.2. The van der Waals surface area contributed by atoms with Crippen molar-refractivity contribution < 1.29 is 4.79 Å². The number of thioether (sulfide) groups is 1. The third kappa shape index (κ3) is 3.27. The van der Waals surface area contributed by atoms with E-state index in [1.807, 2.05) is 23.7 Å². The molecular formula is C22H29N3OS. The second kappa shape index (κ2) is 7.63. The highest BCUT2D eigenvalue weighted by Crippen LogP contribution is 2.40. The van der Waals surface area contributed by atoms with Crippen LogP contribution in [-0.4, -0.2) is 39.6 Å². The first-order valence-corrected chi connectivity index (χ1v) is 11.1. The Morgan fingerprint density at radius 1 is 1.19 bits per heavy atom. The minimum Gasteiger partial charge on any atom is -0.383 e. The van der Waals surface area contributed by atoms with Gasteiger partial charge in [0.15, 0.2) is 0 Å². The molecule has 144 valence electrons. The molecular weight excluding hydrogens is 354 g/mol.